The molecule has 1 aromatic heterocycles. The molecule has 4 rings (SSSR count). The molecule has 0 spiro atoms. The number of nitrogens with zero attached hydrogens (tertiary/aromatic N) is 1. The van der Waals surface area contributed by atoms with E-state index in [1.165, 1.54) is 48.4 Å². The van der Waals surface area contributed by atoms with Gasteiger partial charge in [0.05, 0.1) is 10.6 Å². The minimum absolute atomic E-state index is 0.0412. The van der Waals surface area contributed by atoms with Gasteiger partial charge in [0.1, 0.15) is 5.82 Å². The lowest BCUT2D eigenvalue weighted by Gasteiger charge is -2.16. The van der Waals surface area contributed by atoms with E-state index in [4.69, 9.17) is 0 Å². The molecule has 1 fully saturated rings. The number of halogens is 1. The van der Waals surface area contributed by atoms with Gasteiger partial charge in [-0.1, -0.05) is 12.8 Å². The Hall–Kier alpha value is -2.21. The van der Waals surface area contributed by atoms with Gasteiger partial charge < -0.3 is 10.2 Å². The van der Waals surface area contributed by atoms with Gasteiger partial charge in [0.15, 0.2) is 0 Å². The van der Waals surface area contributed by atoms with Crippen LogP contribution in [-0.4, -0.2) is 24.4 Å². The molecule has 2 aliphatic rings. The lowest BCUT2D eigenvalue weighted by atomic mass is 10.2. The van der Waals surface area contributed by atoms with Crippen molar-refractivity contribution in [1.82, 2.24) is 5.32 Å². The zero-order chi connectivity index (χ0) is 17.4. The van der Waals surface area contributed by atoms with Gasteiger partial charge in [0.2, 0.25) is 0 Å². The summed E-state index contributed by atoms with van der Waals surface area (Å²) in [7, 11) is 0. The number of amides is 2. The third-order valence-electron chi connectivity index (χ3n) is 4.89. The molecule has 130 valence electrons. The van der Waals surface area contributed by atoms with E-state index >= 15 is 0 Å². The number of hydrogen-bond donors (Lipinski definition) is 1. The monoisotopic (exact) mass is 358 g/mol. The van der Waals surface area contributed by atoms with Crippen molar-refractivity contribution < 1.29 is 14.0 Å². The van der Waals surface area contributed by atoms with Crippen LogP contribution in [0.15, 0.2) is 30.3 Å². The first-order valence-corrected chi connectivity index (χ1v) is 9.44. The van der Waals surface area contributed by atoms with Crippen molar-refractivity contribution in [2.75, 3.05) is 11.4 Å². The Morgan fingerprint density at radius 3 is 2.60 bits per heavy atom. The summed E-state index contributed by atoms with van der Waals surface area (Å²) in [5.74, 6) is -0.556. The van der Waals surface area contributed by atoms with Crippen LogP contribution >= 0.6 is 11.3 Å². The number of carbonyl (C=O) groups is 2. The highest BCUT2D eigenvalue weighted by molar-refractivity contribution is 7.14. The highest BCUT2D eigenvalue weighted by atomic mass is 32.1. The van der Waals surface area contributed by atoms with Crippen LogP contribution in [0.2, 0.25) is 0 Å². The number of benzene rings is 1. The van der Waals surface area contributed by atoms with E-state index in [-0.39, 0.29) is 23.7 Å². The maximum absolute atomic E-state index is 13.1. The number of thiophene rings is 1. The van der Waals surface area contributed by atoms with E-state index in [2.05, 4.69) is 5.32 Å². The highest BCUT2D eigenvalue weighted by Crippen LogP contribution is 2.37. The van der Waals surface area contributed by atoms with Crippen molar-refractivity contribution in [2.24, 2.45) is 0 Å². The summed E-state index contributed by atoms with van der Waals surface area (Å²) in [6, 6.07) is 7.67. The normalized spacial score (nSPS) is 16.9. The number of hydrogen-bond acceptors (Lipinski definition) is 3. The number of fused-ring (bicyclic) bond motifs is 1. The summed E-state index contributed by atoms with van der Waals surface area (Å²) in [4.78, 5) is 28.5. The number of carbonyl (C=O) groups excluding carboxylic acids is 2. The summed E-state index contributed by atoms with van der Waals surface area (Å²) in [5, 5.41) is 3.09. The molecular weight excluding hydrogens is 339 g/mol. The molecule has 2 aromatic rings. The second-order valence-electron chi connectivity index (χ2n) is 6.59. The first-order chi connectivity index (χ1) is 12.1. The Labute approximate surface area is 149 Å². The van der Waals surface area contributed by atoms with Crippen molar-refractivity contribution in [3.63, 3.8) is 0 Å². The van der Waals surface area contributed by atoms with E-state index in [1.54, 1.807) is 4.90 Å². The van der Waals surface area contributed by atoms with Crippen LogP contribution in [0.1, 0.15) is 50.6 Å². The summed E-state index contributed by atoms with van der Waals surface area (Å²) >= 11 is 1.47. The average molecular weight is 358 g/mol. The molecule has 4 nitrogen and oxygen atoms in total. The van der Waals surface area contributed by atoms with Crippen LogP contribution in [0.4, 0.5) is 10.1 Å². The van der Waals surface area contributed by atoms with E-state index in [0.29, 0.717) is 17.0 Å². The van der Waals surface area contributed by atoms with Gasteiger partial charge >= 0.3 is 0 Å². The van der Waals surface area contributed by atoms with Crippen LogP contribution in [0.25, 0.3) is 0 Å². The fourth-order valence-electron chi connectivity index (χ4n) is 3.56. The third kappa shape index (κ3) is 3.18. The van der Waals surface area contributed by atoms with Crippen LogP contribution in [-0.2, 0) is 6.42 Å². The van der Waals surface area contributed by atoms with Gasteiger partial charge in [0, 0.05) is 29.4 Å². The third-order valence-corrected chi connectivity index (χ3v) is 6.07. The first-order valence-electron chi connectivity index (χ1n) is 8.63. The maximum atomic E-state index is 13.1. The fourth-order valence-corrected chi connectivity index (χ4v) is 4.61. The summed E-state index contributed by atoms with van der Waals surface area (Å²) in [5.41, 5.74) is 1.27. The second kappa shape index (κ2) is 6.59. The molecule has 0 unspecified atom stereocenters. The largest absolute Gasteiger partial charge is 0.349 e. The maximum Gasteiger partial charge on any atom is 0.261 e. The van der Waals surface area contributed by atoms with Crippen LogP contribution in [0.5, 0.6) is 0 Å². The smallest absolute Gasteiger partial charge is 0.261 e. The second-order valence-corrected chi connectivity index (χ2v) is 7.72. The Kier molecular flexibility index (Phi) is 4.29. The number of rotatable bonds is 3. The van der Waals surface area contributed by atoms with Crippen molar-refractivity contribution in [2.45, 2.75) is 38.1 Å². The average Bonchev–Trinajstić information content (AvgIpc) is 3.31. The van der Waals surface area contributed by atoms with Gasteiger partial charge in [0.25, 0.3) is 11.8 Å². The molecular formula is C19H19FN2O2S. The van der Waals surface area contributed by atoms with Crippen LogP contribution in [0, 0.1) is 5.82 Å². The number of anilines is 1. The van der Waals surface area contributed by atoms with Gasteiger partial charge in [-0.05, 0) is 43.2 Å². The molecule has 1 aliphatic heterocycles. The zero-order valence-corrected chi connectivity index (χ0v) is 14.6. The Morgan fingerprint density at radius 1 is 1.16 bits per heavy atom. The molecule has 1 aromatic carbocycles. The minimum Gasteiger partial charge on any atom is -0.349 e. The molecule has 0 atom stereocenters. The molecule has 1 N–H and O–H groups in total. The molecule has 25 heavy (non-hydrogen) atoms. The Morgan fingerprint density at radius 2 is 1.88 bits per heavy atom. The summed E-state index contributed by atoms with van der Waals surface area (Å²) < 4.78 is 13.1. The molecule has 0 saturated heterocycles. The van der Waals surface area contributed by atoms with Crippen molar-refractivity contribution >= 4 is 28.8 Å². The topological polar surface area (TPSA) is 49.4 Å². The van der Waals surface area contributed by atoms with E-state index < -0.39 is 0 Å². The predicted molar refractivity (Wildman–Crippen MR) is 95.8 cm³/mol. The van der Waals surface area contributed by atoms with E-state index in [1.807, 2.05) is 6.07 Å². The molecule has 0 radical (unpaired) electrons. The SMILES string of the molecule is O=C(NC1CCCC1)c1cc2c(s1)CCN2C(=O)c1ccc(F)cc1. The predicted octanol–water partition coefficient (Wildman–Crippen LogP) is 3.76. The first kappa shape index (κ1) is 16.3. The lowest BCUT2D eigenvalue weighted by Crippen LogP contribution is -2.32. The van der Waals surface area contributed by atoms with Gasteiger partial charge in [-0.2, -0.15) is 0 Å². The zero-order valence-electron chi connectivity index (χ0n) is 13.8. The standard InChI is InChI=1S/C19H19FN2O2S/c20-13-7-5-12(6-8-13)19(24)22-10-9-16-15(22)11-17(25-16)18(23)21-14-3-1-2-4-14/h5-8,11,14H,1-4,9-10H2,(H,21,23). The number of nitrogens with one attached hydrogen (secondary N) is 1. The van der Waals surface area contributed by atoms with Crippen LogP contribution in [0.3, 0.4) is 0 Å². The molecule has 2 amide bonds. The van der Waals surface area contributed by atoms with Crippen molar-refractivity contribution in [3.05, 3.63) is 51.5 Å². The van der Waals surface area contributed by atoms with Crippen molar-refractivity contribution in [3.8, 4) is 0 Å². The van der Waals surface area contributed by atoms with Gasteiger partial charge in [-0.3, -0.25) is 9.59 Å². The molecule has 6 heteroatoms. The summed E-state index contributed by atoms with van der Waals surface area (Å²) in [6.45, 7) is 0.599. The van der Waals surface area contributed by atoms with Crippen molar-refractivity contribution in [1.29, 1.82) is 0 Å². The molecule has 1 aliphatic carbocycles. The molecule has 1 saturated carbocycles. The molecule has 0 bridgehead atoms. The van der Waals surface area contributed by atoms with Gasteiger partial charge in [-0.25, -0.2) is 4.39 Å². The Bertz CT molecular complexity index is 809. The quantitative estimate of drug-likeness (QED) is 0.908. The van der Waals surface area contributed by atoms with E-state index in [0.717, 1.165) is 29.8 Å². The van der Waals surface area contributed by atoms with E-state index in [9.17, 15) is 14.0 Å². The van der Waals surface area contributed by atoms with Crippen LogP contribution < -0.4 is 10.2 Å². The fraction of sp³-hybridized carbons (Fsp3) is 0.368. The van der Waals surface area contributed by atoms with Gasteiger partial charge in [-0.15, -0.1) is 11.3 Å². The summed E-state index contributed by atoms with van der Waals surface area (Å²) in [6.07, 6.45) is 5.19. The molecule has 2 heterocycles. The Balaban J connectivity index is 1.52. The lowest BCUT2D eigenvalue weighted by molar-refractivity contribution is 0.0939. The minimum atomic E-state index is -0.361. The highest BCUT2D eigenvalue weighted by Gasteiger charge is 2.30.